The van der Waals surface area contributed by atoms with Crippen LogP contribution in [0.1, 0.15) is 27.7 Å². The van der Waals surface area contributed by atoms with E-state index in [-0.39, 0.29) is 16.1 Å². The predicted molar refractivity (Wildman–Crippen MR) is 79.3 cm³/mol. The Morgan fingerprint density at radius 1 is 0.688 bits per heavy atom. The molecule has 0 saturated heterocycles. The molecule has 94 valence electrons. The van der Waals surface area contributed by atoms with Crippen LogP contribution in [-0.2, 0) is 0 Å². The lowest BCUT2D eigenvalue weighted by Gasteiger charge is -2.23. The third-order valence-corrected chi connectivity index (χ3v) is 6.56. The van der Waals surface area contributed by atoms with Gasteiger partial charge in [0.25, 0.3) is 0 Å². The summed E-state index contributed by atoms with van der Waals surface area (Å²) in [6.07, 6.45) is 0. The minimum Gasteiger partial charge on any atom is -0.273 e. The molecule has 0 aliphatic carbocycles. The van der Waals surface area contributed by atoms with E-state index in [9.17, 15) is 0 Å². The first-order chi connectivity index (χ1) is 7.60. The Hall–Kier alpha value is 0.340. The smallest absolute Gasteiger partial charge is 0.0414 e. The molecule has 0 aliphatic heterocycles. The monoisotopic (exact) mass is 260 g/mol. The highest BCUT2D eigenvalue weighted by Crippen LogP contribution is 2.38. The minimum absolute atomic E-state index is 0.250. The maximum Gasteiger partial charge on any atom is 0.0414 e. The molecule has 0 heterocycles. The van der Waals surface area contributed by atoms with Crippen LogP contribution in [0, 0.1) is 11.3 Å². The molecular weight excluding hydrogens is 234 g/mol. The molecule has 0 bridgehead atoms. The van der Waals surface area contributed by atoms with Crippen LogP contribution >= 0.6 is 16.1 Å². The van der Waals surface area contributed by atoms with Crippen molar-refractivity contribution < 1.29 is 0 Å². The Bertz CT molecular complexity index is 205. The Balaban J connectivity index is 4.35. The molecule has 4 heteroatoms. The lowest BCUT2D eigenvalue weighted by molar-refractivity contribution is 0.512. The largest absolute Gasteiger partial charge is 0.273 e. The Morgan fingerprint density at radius 2 is 0.938 bits per heavy atom. The van der Waals surface area contributed by atoms with Crippen LogP contribution < -0.4 is 0 Å². The van der Waals surface area contributed by atoms with Crippen molar-refractivity contribution in [2.75, 3.05) is 39.5 Å². The zero-order valence-corrected chi connectivity index (χ0v) is 13.4. The zero-order valence-electron chi connectivity index (χ0n) is 11.6. The second kappa shape index (κ2) is 9.38. The van der Waals surface area contributed by atoms with Gasteiger partial charge in [-0.15, -0.1) is 0 Å². The molecule has 2 nitrogen and oxygen atoms in total. The van der Waals surface area contributed by atoms with Crippen molar-refractivity contribution in [1.29, 1.82) is 0 Å². The van der Waals surface area contributed by atoms with Crippen LogP contribution in [0.25, 0.3) is 0 Å². The van der Waals surface area contributed by atoms with Gasteiger partial charge in [-0.1, -0.05) is 39.0 Å². The average molecular weight is 260 g/mol. The van der Waals surface area contributed by atoms with E-state index in [2.05, 4.69) is 61.7 Å². The van der Waals surface area contributed by atoms with E-state index in [1.54, 1.807) is 0 Å². The van der Waals surface area contributed by atoms with Crippen LogP contribution in [0.3, 0.4) is 0 Å². The first-order valence-corrected chi connectivity index (χ1v) is 9.57. The van der Waals surface area contributed by atoms with Gasteiger partial charge in [-0.05, 0) is 13.3 Å². The normalized spacial score (nSPS) is 14.8. The van der Waals surface area contributed by atoms with Gasteiger partial charge in [0.2, 0.25) is 0 Å². The van der Waals surface area contributed by atoms with Crippen molar-refractivity contribution >= 4 is 16.1 Å². The fraction of sp³-hybridized carbons (Fsp3) is 0.833. The summed E-state index contributed by atoms with van der Waals surface area (Å²) in [5.41, 5.74) is 6.92. The number of rotatable bonds is 6. The molecule has 0 aromatic carbocycles. The van der Waals surface area contributed by atoms with Gasteiger partial charge in [0.1, 0.15) is 0 Å². The molecule has 0 spiro atoms. The summed E-state index contributed by atoms with van der Waals surface area (Å²) in [5.74, 6) is 0. The van der Waals surface area contributed by atoms with Crippen LogP contribution in [0.5, 0.6) is 0 Å². The molecule has 0 radical (unpaired) electrons. The van der Waals surface area contributed by atoms with Gasteiger partial charge >= 0.3 is 0 Å². The molecule has 2 unspecified atom stereocenters. The Labute approximate surface area is 104 Å². The Kier molecular flexibility index (Phi) is 9.58. The minimum atomic E-state index is -0.250. The van der Waals surface area contributed by atoms with E-state index < -0.39 is 0 Å². The number of nitrogens with zero attached hydrogens (tertiary/aromatic N) is 2. The summed E-state index contributed by atoms with van der Waals surface area (Å²) in [5, 5.41) is 0. The van der Waals surface area contributed by atoms with Gasteiger partial charge < -0.3 is 0 Å². The lowest BCUT2D eigenvalue weighted by atomic mass is 10.7. The second-order valence-electron chi connectivity index (χ2n) is 3.55. The van der Waals surface area contributed by atoms with E-state index in [0.29, 0.717) is 0 Å². The molecule has 2 atom stereocenters. The van der Waals surface area contributed by atoms with Gasteiger partial charge in [-0.25, -0.2) is 0 Å². The number of hydrogen-bond acceptors (Lipinski definition) is 2. The number of hydrogen-bond donors (Lipinski definition) is 0. The van der Waals surface area contributed by atoms with Gasteiger partial charge in [-0.2, -0.15) is 0 Å². The van der Waals surface area contributed by atoms with Crippen LogP contribution in [0.15, 0.2) is 0 Å². The molecule has 0 aromatic rings. The SMILES string of the molecule is CCN(CC)P(C)C#CP(C)N(CC)CC. The van der Waals surface area contributed by atoms with Crippen molar-refractivity contribution in [3.05, 3.63) is 0 Å². The fourth-order valence-corrected chi connectivity index (χ4v) is 4.72. The van der Waals surface area contributed by atoms with Crippen molar-refractivity contribution in [2.24, 2.45) is 0 Å². The average Bonchev–Trinajstić information content (AvgIpc) is 2.29. The standard InChI is InChI=1S/C12H26N2P2/c1-7-13(8-2)15(5)11-12-16(6)14(9-3)10-4/h7-10H2,1-6H3. The molecular formula is C12H26N2P2. The molecule has 0 rings (SSSR count). The van der Waals surface area contributed by atoms with E-state index >= 15 is 0 Å². The highest BCUT2D eigenvalue weighted by molar-refractivity contribution is 7.63. The molecule has 0 aliphatic rings. The lowest BCUT2D eigenvalue weighted by Crippen LogP contribution is -2.16. The van der Waals surface area contributed by atoms with Crippen molar-refractivity contribution in [3.63, 3.8) is 0 Å². The summed E-state index contributed by atoms with van der Waals surface area (Å²) < 4.78 is 4.90. The molecule has 0 saturated carbocycles. The summed E-state index contributed by atoms with van der Waals surface area (Å²) in [6.45, 7) is 17.8. The first-order valence-electron chi connectivity index (χ1n) is 6.08. The van der Waals surface area contributed by atoms with Gasteiger partial charge in [0.05, 0.1) is 0 Å². The van der Waals surface area contributed by atoms with Gasteiger partial charge in [0.15, 0.2) is 0 Å². The summed E-state index contributed by atoms with van der Waals surface area (Å²) in [7, 11) is -0.499. The molecule has 0 amide bonds. The van der Waals surface area contributed by atoms with E-state index in [4.69, 9.17) is 0 Å². The summed E-state index contributed by atoms with van der Waals surface area (Å²) >= 11 is 0. The van der Waals surface area contributed by atoms with E-state index in [1.807, 2.05) is 0 Å². The molecule has 0 N–H and O–H groups in total. The predicted octanol–water partition coefficient (Wildman–Crippen LogP) is 3.64. The topological polar surface area (TPSA) is 6.48 Å². The Morgan fingerprint density at radius 3 is 1.12 bits per heavy atom. The quantitative estimate of drug-likeness (QED) is 0.531. The maximum absolute atomic E-state index is 3.46. The summed E-state index contributed by atoms with van der Waals surface area (Å²) in [6, 6.07) is 0. The highest BCUT2D eigenvalue weighted by Gasteiger charge is 2.08. The van der Waals surface area contributed by atoms with Gasteiger partial charge in [-0.3, -0.25) is 9.34 Å². The second-order valence-corrected chi connectivity index (χ2v) is 7.22. The maximum atomic E-state index is 3.46. The third-order valence-electron chi connectivity index (χ3n) is 2.68. The van der Waals surface area contributed by atoms with Crippen molar-refractivity contribution in [2.45, 2.75) is 27.7 Å². The summed E-state index contributed by atoms with van der Waals surface area (Å²) in [4.78, 5) is 0. The van der Waals surface area contributed by atoms with Crippen LogP contribution in [0.4, 0.5) is 0 Å². The molecule has 0 fully saturated rings. The van der Waals surface area contributed by atoms with Crippen molar-refractivity contribution in [1.82, 2.24) is 9.34 Å². The first kappa shape index (κ1) is 16.3. The fourth-order valence-electron chi connectivity index (χ4n) is 1.58. The zero-order chi connectivity index (χ0) is 12.6. The van der Waals surface area contributed by atoms with Gasteiger partial charge in [0, 0.05) is 42.3 Å². The van der Waals surface area contributed by atoms with E-state index in [1.165, 1.54) is 0 Å². The van der Waals surface area contributed by atoms with E-state index in [0.717, 1.165) is 26.2 Å². The third kappa shape index (κ3) is 5.60. The van der Waals surface area contributed by atoms with Crippen LogP contribution in [0.2, 0.25) is 0 Å². The molecule has 16 heavy (non-hydrogen) atoms. The highest BCUT2D eigenvalue weighted by atomic mass is 31.1. The van der Waals surface area contributed by atoms with Crippen LogP contribution in [-0.4, -0.2) is 48.8 Å². The molecule has 0 aromatic heterocycles. The van der Waals surface area contributed by atoms with Crippen molar-refractivity contribution in [3.8, 4) is 11.3 Å².